The van der Waals surface area contributed by atoms with Gasteiger partial charge in [-0.15, -0.1) is 21.5 Å². The van der Waals surface area contributed by atoms with Gasteiger partial charge in [0.2, 0.25) is 11.7 Å². The number of carbonyl (C=O) groups excluding carboxylic acids is 2. The number of rotatable bonds is 7. The first kappa shape index (κ1) is 21.1. The van der Waals surface area contributed by atoms with Gasteiger partial charge in [0.05, 0.1) is 29.6 Å². The second-order valence-electron chi connectivity index (χ2n) is 7.26. The van der Waals surface area contributed by atoms with Crippen LogP contribution in [0, 0.1) is 0 Å². The predicted octanol–water partition coefficient (Wildman–Crippen LogP) is 2.85. The van der Waals surface area contributed by atoms with Gasteiger partial charge >= 0.3 is 5.97 Å². The first-order valence-electron chi connectivity index (χ1n) is 10.2. The maximum atomic E-state index is 12.4. The van der Waals surface area contributed by atoms with Crippen LogP contribution in [-0.2, 0) is 9.53 Å². The molecule has 1 aromatic carbocycles. The van der Waals surface area contributed by atoms with Gasteiger partial charge in [-0.1, -0.05) is 6.07 Å². The van der Waals surface area contributed by atoms with Crippen molar-refractivity contribution in [3.8, 4) is 10.7 Å². The van der Waals surface area contributed by atoms with Crippen molar-refractivity contribution < 1.29 is 14.3 Å². The monoisotopic (exact) mass is 440 g/mol. The van der Waals surface area contributed by atoms with E-state index < -0.39 is 0 Å². The lowest BCUT2D eigenvalue weighted by molar-refractivity contribution is -0.117. The Bertz CT molecular complexity index is 1010. The maximum absolute atomic E-state index is 12.4. The lowest BCUT2D eigenvalue weighted by Gasteiger charge is -2.30. The molecule has 0 unspecified atom stereocenters. The van der Waals surface area contributed by atoms with Crippen LogP contribution in [0.2, 0.25) is 0 Å². The molecule has 3 heterocycles. The molecule has 162 valence electrons. The molecule has 1 N–H and O–H groups in total. The van der Waals surface area contributed by atoms with Crippen molar-refractivity contribution in [2.24, 2.45) is 0 Å². The third kappa shape index (κ3) is 5.33. The molecule has 4 rings (SSSR count). The summed E-state index contributed by atoms with van der Waals surface area (Å²) in [7, 11) is 0. The normalized spacial score (nSPS) is 15.0. The number of nitrogens with one attached hydrogen (secondary N) is 1. The van der Waals surface area contributed by atoms with Gasteiger partial charge in [0, 0.05) is 18.8 Å². The molecule has 1 amide bonds. The Hall–Kier alpha value is -3.11. The Morgan fingerprint density at radius 1 is 1.19 bits per heavy atom. The van der Waals surface area contributed by atoms with Gasteiger partial charge in [-0.2, -0.15) is 4.80 Å². The molecule has 1 saturated heterocycles. The van der Waals surface area contributed by atoms with Crippen LogP contribution in [0.25, 0.3) is 10.7 Å². The number of benzene rings is 1. The van der Waals surface area contributed by atoms with Gasteiger partial charge in [0.15, 0.2) is 0 Å². The van der Waals surface area contributed by atoms with E-state index in [-0.39, 0.29) is 17.9 Å². The zero-order valence-electron chi connectivity index (χ0n) is 17.2. The lowest BCUT2D eigenvalue weighted by atomic mass is 10.1. The molecular formula is C21H24N6O3S. The first-order chi connectivity index (χ1) is 15.1. The van der Waals surface area contributed by atoms with Crippen LogP contribution >= 0.6 is 11.3 Å². The molecule has 1 aliphatic rings. The standard InChI is InChI=1S/C21H24N6O3S/c1-2-30-21(29)15-5-7-16(8-6-15)22-19(28)14-26-11-9-17(10-12-26)27-24-20(23-25-27)18-4-3-13-31-18/h3-8,13,17H,2,9-12,14H2,1H3,(H,22,28). The molecule has 0 spiro atoms. The van der Waals surface area contributed by atoms with Crippen LogP contribution in [0.15, 0.2) is 41.8 Å². The fourth-order valence-corrected chi connectivity index (χ4v) is 4.15. The van der Waals surface area contributed by atoms with E-state index in [0.717, 1.165) is 30.8 Å². The summed E-state index contributed by atoms with van der Waals surface area (Å²) in [6.45, 7) is 3.99. The second kappa shape index (κ2) is 9.80. The number of anilines is 1. The van der Waals surface area contributed by atoms with E-state index >= 15 is 0 Å². The smallest absolute Gasteiger partial charge is 0.338 e. The summed E-state index contributed by atoms with van der Waals surface area (Å²) in [5.41, 5.74) is 1.12. The Morgan fingerprint density at radius 3 is 2.65 bits per heavy atom. The van der Waals surface area contributed by atoms with E-state index in [0.29, 0.717) is 30.2 Å². The molecule has 10 heteroatoms. The zero-order chi connectivity index (χ0) is 21.6. The number of thiophene rings is 1. The van der Waals surface area contributed by atoms with Crippen LogP contribution in [0.3, 0.4) is 0 Å². The minimum atomic E-state index is -0.368. The van der Waals surface area contributed by atoms with Crippen molar-refractivity contribution in [2.45, 2.75) is 25.8 Å². The molecule has 0 bridgehead atoms. The van der Waals surface area contributed by atoms with Crippen LogP contribution in [0.5, 0.6) is 0 Å². The Balaban J connectivity index is 1.24. The number of amides is 1. The molecule has 0 saturated carbocycles. The lowest BCUT2D eigenvalue weighted by Crippen LogP contribution is -2.40. The third-order valence-electron chi connectivity index (χ3n) is 5.10. The highest BCUT2D eigenvalue weighted by atomic mass is 32.1. The SMILES string of the molecule is CCOC(=O)c1ccc(NC(=O)CN2CCC(n3nnc(-c4cccs4)n3)CC2)cc1. The van der Waals surface area contributed by atoms with Crippen molar-refractivity contribution in [1.29, 1.82) is 0 Å². The summed E-state index contributed by atoms with van der Waals surface area (Å²) in [6, 6.07) is 10.9. The number of piperidine rings is 1. The van der Waals surface area contributed by atoms with Crippen LogP contribution in [-0.4, -0.2) is 63.2 Å². The summed E-state index contributed by atoms with van der Waals surface area (Å²) >= 11 is 1.59. The molecule has 2 aromatic heterocycles. The molecule has 0 radical (unpaired) electrons. The molecule has 9 nitrogen and oxygen atoms in total. The van der Waals surface area contributed by atoms with E-state index in [2.05, 4.69) is 25.6 Å². The topological polar surface area (TPSA) is 102 Å². The molecule has 31 heavy (non-hydrogen) atoms. The van der Waals surface area contributed by atoms with Gasteiger partial charge in [0.1, 0.15) is 0 Å². The van der Waals surface area contributed by atoms with E-state index in [1.165, 1.54) is 0 Å². The van der Waals surface area contributed by atoms with Gasteiger partial charge in [-0.05, 0) is 60.7 Å². The number of hydrogen-bond acceptors (Lipinski definition) is 8. The number of carbonyl (C=O) groups is 2. The fourth-order valence-electron chi connectivity index (χ4n) is 3.50. The number of likely N-dealkylation sites (tertiary alicyclic amines) is 1. The van der Waals surface area contributed by atoms with Gasteiger partial charge < -0.3 is 10.1 Å². The molecular weight excluding hydrogens is 416 g/mol. The van der Waals surface area contributed by atoms with E-state index in [4.69, 9.17) is 4.74 Å². The summed E-state index contributed by atoms with van der Waals surface area (Å²) in [5.74, 6) is 0.208. The molecule has 0 aliphatic carbocycles. The average molecular weight is 441 g/mol. The maximum Gasteiger partial charge on any atom is 0.338 e. The van der Waals surface area contributed by atoms with Crippen molar-refractivity contribution in [3.63, 3.8) is 0 Å². The van der Waals surface area contributed by atoms with Gasteiger partial charge in [-0.3, -0.25) is 9.69 Å². The summed E-state index contributed by atoms with van der Waals surface area (Å²) < 4.78 is 4.96. The van der Waals surface area contributed by atoms with Crippen molar-refractivity contribution in [1.82, 2.24) is 25.1 Å². The highest BCUT2D eigenvalue weighted by Crippen LogP contribution is 2.24. The van der Waals surface area contributed by atoms with E-state index in [9.17, 15) is 9.59 Å². The zero-order valence-corrected chi connectivity index (χ0v) is 18.0. The largest absolute Gasteiger partial charge is 0.462 e. The van der Waals surface area contributed by atoms with Gasteiger partial charge in [-0.25, -0.2) is 4.79 Å². The Kier molecular flexibility index (Phi) is 6.68. The van der Waals surface area contributed by atoms with Gasteiger partial charge in [0.25, 0.3) is 0 Å². The summed E-state index contributed by atoms with van der Waals surface area (Å²) in [4.78, 5) is 28.9. The highest BCUT2D eigenvalue weighted by Gasteiger charge is 2.24. The Labute approximate surface area is 184 Å². The highest BCUT2D eigenvalue weighted by molar-refractivity contribution is 7.13. The minimum Gasteiger partial charge on any atom is -0.462 e. The van der Waals surface area contributed by atoms with E-state index in [1.807, 2.05) is 17.5 Å². The number of tetrazole rings is 1. The number of aromatic nitrogens is 4. The molecule has 3 aromatic rings. The van der Waals surface area contributed by atoms with Crippen LogP contribution in [0.4, 0.5) is 5.69 Å². The Morgan fingerprint density at radius 2 is 1.97 bits per heavy atom. The number of ether oxygens (including phenoxy) is 1. The number of hydrogen-bond donors (Lipinski definition) is 1. The van der Waals surface area contributed by atoms with Crippen LogP contribution < -0.4 is 5.32 Å². The quantitative estimate of drug-likeness (QED) is 0.564. The summed E-state index contributed by atoms with van der Waals surface area (Å²) in [6.07, 6.45) is 1.73. The van der Waals surface area contributed by atoms with Crippen LogP contribution in [0.1, 0.15) is 36.2 Å². The molecule has 1 fully saturated rings. The predicted molar refractivity (Wildman–Crippen MR) is 117 cm³/mol. The average Bonchev–Trinajstić information content (AvgIpc) is 3.47. The van der Waals surface area contributed by atoms with Crippen molar-refractivity contribution in [2.75, 3.05) is 31.6 Å². The summed E-state index contributed by atoms with van der Waals surface area (Å²) in [5, 5.41) is 17.8. The number of nitrogens with zero attached hydrogens (tertiary/aromatic N) is 5. The fraction of sp³-hybridized carbons (Fsp3) is 0.381. The minimum absolute atomic E-state index is 0.0822. The van der Waals surface area contributed by atoms with Crippen molar-refractivity contribution in [3.05, 3.63) is 47.3 Å². The van der Waals surface area contributed by atoms with Crippen molar-refractivity contribution >= 4 is 28.9 Å². The molecule has 0 atom stereocenters. The molecule has 1 aliphatic heterocycles. The van der Waals surface area contributed by atoms with E-state index in [1.54, 1.807) is 47.3 Å². The number of esters is 1. The third-order valence-corrected chi connectivity index (χ3v) is 5.97. The second-order valence-corrected chi connectivity index (χ2v) is 8.21. The first-order valence-corrected chi connectivity index (χ1v) is 11.1.